The SMILES string of the molecule is CN[C@@H]1CN2CCC[C@@H]1C2. The fourth-order valence-electron chi connectivity index (χ4n) is 2.34. The first-order valence-corrected chi connectivity index (χ1v) is 4.30. The van der Waals surface area contributed by atoms with E-state index in [0.29, 0.717) is 0 Å². The number of hydrogen-bond acceptors (Lipinski definition) is 2. The van der Waals surface area contributed by atoms with Crippen LogP contribution in [-0.2, 0) is 0 Å². The Morgan fingerprint density at radius 1 is 1.40 bits per heavy atom. The normalized spacial score (nSPS) is 45.9. The Morgan fingerprint density at radius 2 is 2.30 bits per heavy atom. The van der Waals surface area contributed by atoms with Gasteiger partial charge in [0.2, 0.25) is 0 Å². The first-order chi connectivity index (χ1) is 4.90. The van der Waals surface area contributed by atoms with E-state index in [1.165, 1.54) is 32.5 Å². The van der Waals surface area contributed by atoms with Crippen LogP contribution in [0.25, 0.3) is 0 Å². The summed E-state index contributed by atoms with van der Waals surface area (Å²) in [4.78, 5) is 2.58. The predicted molar refractivity (Wildman–Crippen MR) is 42.0 cm³/mol. The number of piperidine rings is 1. The number of likely N-dealkylation sites (N-methyl/N-ethyl adjacent to an activating group) is 1. The highest BCUT2D eigenvalue weighted by atomic mass is 15.2. The van der Waals surface area contributed by atoms with E-state index >= 15 is 0 Å². The summed E-state index contributed by atoms with van der Waals surface area (Å²) in [6.45, 7) is 3.99. The molecule has 2 heteroatoms. The topological polar surface area (TPSA) is 15.3 Å². The predicted octanol–water partition coefficient (Wildman–Crippen LogP) is 0.300. The van der Waals surface area contributed by atoms with Crippen molar-refractivity contribution in [2.45, 2.75) is 18.9 Å². The van der Waals surface area contributed by atoms with Gasteiger partial charge in [-0.1, -0.05) is 0 Å². The first kappa shape index (κ1) is 6.62. The zero-order chi connectivity index (χ0) is 6.97. The monoisotopic (exact) mass is 140 g/mol. The molecule has 3 atom stereocenters. The lowest BCUT2D eigenvalue weighted by Crippen LogP contribution is -2.32. The molecule has 1 unspecified atom stereocenters. The third kappa shape index (κ3) is 0.956. The molecule has 0 spiro atoms. The van der Waals surface area contributed by atoms with E-state index in [9.17, 15) is 0 Å². The van der Waals surface area contributed by atoms with Gasteiger partial charge in [0.15, 0.2) is 0 Å². The van der Waals surface area contributed by atoms with Crippen molar-refractivity contribution in [1.29, 1.82) is 0 Å². The molecule has 2 aliphatic heterocycles. The van der Waals surface area contributed by atoms with Gasteiger partial charge in [-0.25, -0.2) is 0 Å². The minimum atomic E-state index is 0.794. The van der Waals surface area contributed by atoms with Crippen molar-refractivity contribution in [1.82, 2.24) is 10.2 Å². The largest absolute Gasteiger partial charge is 0.315 e. The number of nitrogens with one attached hydrogen (secondary N) is 1. The van der Waals surface area contributed by atoms with Crippen LogP contribution < -0.4 is 5.32 Å². The van der Waals surface area contributed by atoms with Gasteiger partial charge in [0.05, 0.1) is 0 Å². The molecule has 1 N–H and O–H groups in total. The highest BCUT2D eigenvalue weighted by Gasteiger charge is 2.33. The molecule has 0 saturated carbocycles. The smallest absolute Gasteiger partial charge is 0.0232 e. The minimum absolute atomic E-state index is 0.794. The molecule has 0 aliphatic carbocycles. The molecule has 2 bridgehead atoms. The third-order valence-corrected chi connectivity index (χ3v) is 2.94. The molecule has 2 heterocycles. The van der Waals surface area contributed by atoms with Crippen molar-refractivity contribution in [3.05, 3.63) is 0 Å². The lowest BCUT2D eigenvalue weighted by molar-refractivity contribution is 0.269. The average Bonchev–Trinajstić information content (AvgIpc) is 2.26. The van der Waals surface area contributed by atoms with Gasteiger partial charge in [-0.05, 0) is 32.4 Å². The molecule has 0 aromatic heterocycles. The molecule has 2 saturated heterocycles. The van der Waals surface area contributed by atoms with Gasteiger partial charge in [0.25, 0.3) is 0 Å². The quantitative estimate of drug-likeness (QED) is 0.563. The highest BCUT2D eigenvalue weighted by Crippen LogP contribution is 2.26. The van der Waals surface area contributed by atoms with Gasteiger partial charge in [0, 0.05) is 19.1 Å². The fraction of sp³-hybridized carbons (Fsp3) is 1.00. The highest BCUT2D eigenvalue weighted by molar-refractivity contribution is 4.91. The maximum absolute atomic E-state index is 3.39. The molecule has 58 valence electrons. The number of rotatable bonds is 1. The van der Waals surface area contributed by atoms with Gasteiger partial charge in [-0.2, -0.15) is 0 Å². The number of fused-ring (bicyclic) bond motifs is 2. The molecule has 2 rings (SSSR count). The van der Waals surface area contributed by atoms with E-state index in [1.807, 2.05) is 0 Å². The maximum Gasteiger partial charge on any atom is 0.0232 e. The first-order valence-electron chi connectivity index (χ1n) is 4.30. The maximum atomic E-state index is 3.39. The Kier molecular flexibility index (Phi) is 1.66. The Balaban J connectivity index is 2.01. The summed E-state index contributed by atoms with van der Waals surface area (Å²) in [5, 5.41) is 3.39. The Bertz CT molecular complexity index is 124. The second-order valence-electron chi connectivity index (χ2n) is 3.56. The summed E-state index contributed by atoms with van der Waals surface area (Å²) in [5.74, 6) is 0.957. The summed E-state index contributed by atoms with van der Waals surface area (Å²) in [6, 6.07) is 0.794. The van der Waals surface area contributed by atoms with Gasteiger partial charge >= 0.3 is 0 Å². The summed E-state index contributed by atoms with van der Waals surface area (Å²) in [5.41, 5.74) is 0. The van der Waals surface area contributed by atoms with Crippen LogP contribution in [0.4, 0.5) is 0 Å². The van der Waals surface area contributed by atoms with Crippen LogP contribution in [0, 0.1) is 5.92 Å². The van der Waals surface area contributed by atoms with Crippen LogP contribution in [-0.4, -0.2) is 37.6 Å². The van der Waals surface area contributed by atoms with Crippen LogP contribution in [0.3, 0.4) is 0 Å². The summed E-state index contributed by atoms with van der Waals surface area (Å²) >= 11 is 0. The van der Waals surface area contributed by atoms with Crippen LogP contribution >= 0.6 is 0 Å². The van der Waals surface area contributed by atoms with Crippen molar-refractivity contribution in [2.75, 3.05) is 26.7 Å². The molecule has 0 radical (unpaired) electrons. The third-order valence-electron chi connectivity index (χ3n) is 2.94. The van der Waals surface area contributed by atoms with Crippen molar-refractivity contribution < 1.29 is 0 Å². The van der Waals surface area contributed by atoms with E-state index in [-0.39, 0.29) is 0 Å². The van der Waals surface area contributed by atoms with Crippen molar-refractivity contribution in [2.24, 2.45) is 5.92 Å². The standard InChI is InChI=1S/C8H16N2/c1-9-8-6-10-4-2-3-7(8)5-10/h7-9H,2-6H2,1H3/t7-,8-/m1/s1. The summed E-state index contributed by atoms with van der Waals surface area (Å²) in [6.07, 6.45) is 2.87. The van der Waals surface area contributed by atoms with Gasteiger partial charge in [0.1, 0.15) is 0 Å². The van der Waals surface area contributed by atoms with E-state index in [0.717, 1.165) is 12.0 Å². The molecule has 0 aromatic rings. The zero-order valence-electron chi connectivity index (χ0n) is 6.64. The number of nitrogens with zero attached hydrogens (tertiary/aromatic N) is 1. The molecule has 10 heavy (non-hydrogen) atoms. The van der Waals surface area contributed by atoms with Crippen LogP contribution in [0.5, 0.6) is 0 Å². The molecular weight excluding hydrogens is 124 g/mol. The van der Waals surface area contributed by atoms with E-state index in [4.69, 9.17) is 0 Å². The Labute approximate surface area is 62.6 Å². The lowest BCUT2D eigenvalue weighted by Gasteiger charge is -2.21. The average molecular weight is 140 g/mol. The second-order valence-corrected chi connectivity index (χ2v) is 3.56. The molecular formula is C8H16N2. The Morgan fingerprint density at radius 3 is 3.00 bits per heavy atom. The van der Waals surface area contributed by atoms with Crippen LogP contribution in [0.15, 0.2) is 0 Å². The molecule has 0 aromatic carbocycles. The molecule has 2 aliphatic rings. The van der Waals surface area contributed by atoms with Crippen LogP contribution in [0.1, 0.15) is 12.8 Å². The second kappa shape index (κ2) is 2.51. The molecule has 2 nitrogen and oxygen atoms in total. The van der Waals surface area contributed by atoms with Gasteiger partial charge in [-0.15, -0.1) is 0 Å². The van der Waals surface area contributed by atoms with E-state index in [1.54, 1.807) is 0 Å². The van der Waals surface area contributed by atoms with Crippen LogP contribution in [0.2, 0.25) is 0 Å². The van der Waals surface area contributed by atoms with Gasteiger partial charge in [-0.3, -0.25) is 0 Å². The van der Waals surface area contributed by atoms with Gasteiger partial charge < -0.3 is 10.2 Å². The van der Waals surface area contributed by atoms with Crippen molar-refractivity contribution >= 4 is 0 Å². The van der Waals surface area contributed by atoms with Crippen molar-refractivity contribution in [3.8, 4) is 0 Å². The number of hydrogen-bond donors (Lipinski definition) is 1. The molecule has 2 fully saturated rings. The molecule has 0 amide bonds. The summed E-state index contributed by atoms with van der Waals surface area (Å²) < 4.78 is 0. The summed E-state index contributed by atoms with van der Waals surface area (Å²) in [7, 11) is 2.09. The van der Waals surface area contributed by atoms with Crippen molar-refractivity contribution in [3.63, 3.8) is 0 Å². The fourth-order valence-corrected chi connectivity index (χ4v) is 2.34. The zero-order valence-corrected chi connectivity index (χ0v) is 6.64. The minimum Gasteiger partial charge on any atom is -0.315 e. The lowest BCUT2D eigenvalue weighted by atomic mass is 9.97. The van der Waals surface area contributed by atoms with E-state index < -0.39 is 0 Å². The van der Waals surface area contributed by atoms with E-state index in [2.05, 4.69) is 17.3 Å². The Hall–Kier alpha value is -0.0800.